The molecule has 118 valence electrons. The number of carboxylic acids is 1. The van der Waals surface area contributed by atoms with Gasteiger partial charge in [-0.2, -0.15) is 0 Å². The van der Waals surface area contributed by atoms with Crippen molar-refractivity contribution in [1.82, 2.24) is 14.6 Å². The quantitative estimate of drug-likeness (QED) is 0.683. The largest absolute Gasteiger partial charge is 0.508 e. The Bertz CT molecular complexity index is 894. The number of aromatic carboxylic acids is 1. The van der Waals surface area contributed by atoms with E-state index in [-0.39, 0.29) is 22.8 Å². The Kier molecular flexibility index (Phi) is 3.57. The molecule has 0 spiro atoms. The molecule has 23 heavy (non-hydrogen) atoms. The molecular weight excluding hydrogens is 303 g/mol. The number of phenols is 1. The van der Waals surface area contributed by atoms with E-state index < -0.39 is 17.8 Å². The SMILES string of the molecule is CC(Nc1nn2cccnc2c1C(=O)O)c1cc(F)ccc1O. The molecule has 0 saturated heterocycles. The topological polar surface area (TPSA) is 99.8 Å². The number of rotatable bonds is 4. The van der Waals surface area contributed by atoms with Gasteiger partial charge in [0.25, 0.3) is 0 Å². The highest BCUT2D eigenvalue weighted by Crippen LogP contribution is 2.29. The minimum atomic E-state index is -1.18. The lowest BCUT2D eigenvalue weighted by molar-refractivity contribution is 0.0699. The van der Waals surface area contributed by atoms with Crippen LogP contribution in [0, 0.1) is 5.82 Å². The molecule has 0 amide bonds. The second-order valence-electron chi connectivity index (χ2n) is 4.99. The fourth-order valence-electron chi connectivity index (χ4n) is 2.34. The van der Waals surface area contributed by atoms with Gasteiger partial charge in [-0.05, 0) is 31.2 Å². The van der Waals surface area contributed by atoms with Crippen molar-refractivity contribution < 1.29 is 19.4 Å². The third-order valence-corrected chi connectivity index (χ3v) is 3.42. The summed E-state index contributed by atoms with van der Waals surface area (Å²) in [6.07, 6.45) is 3.04. The summed E-state index contributed by atoms with van der Waals surface area (Å²) in [4.78, 5) is 15.5. The molecule has 0 aliphatic rings. The number of hydrogen-bond donors (Lipinski definition) is 3. The number of aromatic hydroxyl groups is 1. The molecule has 0 radical (unpaired) electrons. The van der Waals surface area contributed by atoms with Crippen molar-refractivity contribution in [1.29, 1.82) is 0 Å². The second kappa shape index (κ2) is 5.56. The molecule has 7 nitrogen and oxygen atoms in total. The number of anilines is 1. The van der Waals surface area contributed by atoms with Crippen LogP contribution in [0.25, 0.3) is 5.65 Å². The van der Waals surface area contributed by atoms with Gasteiger partial charge in [0.15, 0.2) is 11.5 Å². The van der Waals surface area contributed by atoms with Gasteiger partial charge in [0, 0.05) is 18.0 Å². The van der Waals surface area contributed by atoms with E-state index >= 15 is 0 Å². The number of nitrogens with one attached hydrogen (secondary N) is 1. The summed E-state index contributed by atoms with van der Waals surface area (Å²) in [7, 11) is 0. The second-order valence-corrected chi connectivity index (χ2v) is 4.99. The lowest BCUT2D eigenvalue weighted by atomic mass is 10.1. The van der Waals surface area contributed by atoms with E-state index in [2.05, 4.69) is 15.4 Å². The van der Waals surface area contributed by atoms with Gasteiger partial charge >= 0.3 is 5.97 Å². The zero-order valence-corrected chi connectivity index (χ0v) is 12.1. The van der Waals surface area contributed by atoms with Crippen LogP contribution in [0.3, 0.4) is 0 Å². The average molecular weight is 316 g/mol. The van der Waals surface area contributed by atoms with E-state index in [4.69, 9.17) is 0 Å². The summed E-state index contributed by atoms with van der Waals surface area (Å²) >= 11 is 0. The molecule has 3 N–H and O–H groups in total. The third-order valence-electron chi connectivity index (χ3n) is 3.42. The highest BCUT2D eigenvalue weighted by atomic mass is 19.1. The maximum Gasteiger partial charge on any atom is 0.343 e. The Morgan fingerprint density at radius 1 is 1.43 bits per heavy atom. The van der Waals surface area contributed by atoms with Gasteiger partial charge in [-0.15, -0.1) is 5.10 Å². The Labute approximate surface area is 130 Å². The number of aromatic nitrogens is 3. The van der Waals surface area contributed by atoms with Crippen LogP contribution in [-0.4, -0.2) is 30.8 Å². The molecule has 0 saturated carbocycles. The maximum absolute atomic E-state index is 13.4. The van der Waals surface area contributed by atoms with Crippen molar-refractivity contribution in [2.45, 2.75) is 13.0 Å². The summed E-state index contributed by atoms with van der Waals surface area (Å²) in [6, 6.07) is 4.63. The Hall–Kier alpha value is -3.16. The number of hydrogen-bond acceptors (Lipinski definition) is 5. The van der Waals surface area contributed by atoms with Crippen molar-refractivity contribution in [3.63, 3.8) is 0 Å². The minimum absolute atomic E-state index is 0.0895. The Morgan fingerprint density at radius 2 is 2.22 bits per heavy atom. The van der Waals surface area contributed by atoms with Gasteiger partial charge in [0.1, 0.15) is 17.1 Å². The zero-order valence-electron chi connectivity index (χ0n) is 12.1. The molecule has 1 atom stereocenters. The zero-order chi connectivity index (χ0) is 16.6. The number of nitrogens with zero attached hydrogens (tertiary/aromatic N) is 3. The Morgan fingerprint density at radius 3 is 2.96 bits per heavy atom. The fourth-order valence-corrected chi connectivity index (χ4v) is 2.34. The van der Waals surface area contributed by atoms with Crippen LogP contribution in [0.5, 0.6) is 5.75 Å². The first-order chi connectivity index (χ1) is 11.0. The number of benzene rings is 1. The summed E-state index contributed by atoms with van der Waals surface area (Å²) in [5, 5.41) is 26.3. The molecule has 1 unspecified atom stereocenters. The Balaban J connectivity index is 2.02. The summed E-state index contributed by atoms with van der Waals surface area (Å²) in [6.45, 7) is 1.66. The van der Waals surface area contributed by atoms with E-state index in [1.54, 1.807) is 19.2 Å². The highest BCUT2D eigenvalue weighted by Gasteiger charge is 2.22. The molecule has 2 heterocycles. The lowest BCUT2D eigenvalue weighted by Gasteiger charge is -2.15. The van der Waals surface area contributed by atoms with Gasteiger partial charge < -0.3 is 15.5 Å². The normalized spacial score (nSPS) is 12.3. The predicted octanol–water partition coefficient (Wildman–Crippen LogP) is 2.45. The van der Waals surface area contributed by atoms with Gasteiger partial charge in [-0.3, -0.25) is 0 Å². The molecule has 8 heteroatoms. The fraction of sp³-hybridized carbons (Fsp3) is 0.133. The smallest absolute Gasteiger partial charge is 0.343 e. The molecule has 0 fully saturated rings. The standard InChI is InChI=1S/C15H13FN4O3/c1-8(10-7-9(16)3-4-11(10)21)18-13-12(15(22)23)14-17-5-2-6-20(14)19-13/h2-8,21H,1H3,(H,18,19)(H,22,23). The summed E-state index contributed by atoms with van der Waals surface area (Å²) in [5.74, 6) is -1.68. The monoisotopic (exact) mass is 316 g/mol. The number of carboxylic acid groups (broad SMARTS) is 1. The first-order valence-corrected chi connectivity index (χ1v) is 6.79. The lowest BCUT2D eigenvalue weighted by Crippen LogP contribution is -2.11. The van der Waals surface area contributed by atoms with Crippen LogP contribution >= 0.6 is 0 Å². The van der Waals surface area contributed by atoms with Crippen LogP contribution in [-0.2, 0) is 0 Å². The first kappa shape index (κ1) is 14.8. The van der Waals surface area contributed by atoms with Crippen LogP contribution in [0.1, 0.15) is 28.9 Å². The first-order valence-electron chi connectivity index (χ1n) is 6.79. The van der Waals surface area contributed by atoms with Crippen molar-refractivity contribution in [2.75, 3.05) is 5.32 Å². The van der Waals surface area contributed by atoms with E-state index in [1.807, 2.05) is 0 Å². The van der Waals surface area contributed by atoms with E-state index in [0.29, 0.717) is 5.56 Å². The number of fused-ring (bicyclic) bond motifs is 1. The van der Waals surface area contributed by atoms with E-state index in [1.165, 1.54) is 22.8 Å². The average Bonchev–Trinajstić information content (AvgIpc) is 2.87. The van der Waals surface area contributed by atoms with Crippen molar-refractivity contribution in [2.24, 2.45) is 0 Å². The minimum Gasteiger partial charge on any atom is -0.508 e. The molecular formula is C15H13FN4O3. The van der Waals surface area contributed by atoms with Crippen LogP contribution in [0.15, 0.2) is 36.7 Å². The van der Waals surface area contributed by atoms with Crippen molar-refractivity contribution in [3.8, 4) is 5.75 Å². The predicted molar refractivity (Wildman–Crippen MR) is 80.0 cm³/mol. The van der Waals surface area contributed by atoms with Gasteiger partial charge in [0.05, 0.1) is 6.04 Å². The highest BCUT2D eigenvalue weighted by molar-refractivity contribution is 5.99. The van der Waals surface area contributed by atoms with E-state index in [9.17, 15) is 19.4 Å². The van der Waals surface area contributed by atoms with Crippen LogP contribution in [0.2, 0.25) is 0 Å². The molecule has 0 aliphatic carbocycles. The number of carbonyl (C=O) groups is 1. The van der Waals surface area contributed by atoms with E-state index in [0.717, 1.165) is 6.07 Å². The number of phenolic OH excluding ortho intramolecular Hbond substituents is 1. The van der Waals surface area contributed by atoms with Crippen molar-refractivity contribution in [3.05, 3.63) is 53.6 Å². The van der Waals surface area contributed by atoms with Gasteiger partial charge in [0.2, 0.25) is 0 Å². The van der Waals surface area contributed by atoms with Crippen molar-refractivity contribution >= 4 is 17.4 Å². The molecule has 0 bridgehead atoms. The third kappa shape index (κ3) is 2.66. The van der Waals surface area contributed by atoms with Gasteiger partial charge in [-0.1, -0.05) is 0 Å². The summed E-state index contributed by atoms with van der Waals surface area (Å²) < 4.78 is 14.7. The maximum atomic E-state index is 13.4. The molecule has 0 aliphatic heterocycles. The number of halogens is 1. The van der Waals surface area contributed by atoms with Crippen LogP contribution in [0.4, 0.5) is 10.2 Å². The molecule has 3 aromatic rings. The summed E-state index contributed by atoms with van der Waals surface area (Å²) in [5.41, 5.74) is 0.401. The van der Waals surface area contributed by atoms with Gasteiger partial charge in [-0.25, -0.2) is 18.7 Å². The molecule has 2 aromatic heterocycles. The molecule has 1 aromatic carbocycles. The van der Waals surface area contributed by atoms with Crippen LogP contribution < -0.4 is 5.32 Å². The molecule has 3 rings (SSSR count).